The maximum atomic E-state index is 8.25. The summed E-state index contributed by atoms with van der Waals surface area (Å²) in [6.45, 7) is 2.86. The number of hydrogen-bond donors (Lipinski definition) is 2. The predicted octanol–water partition coefficient (Wildman–Crippen LogP) is 7.04. The van der Waals surface area contributed by atoms with E-state index in [9.17, 15) is 0 Å². The summed E-state index contributed by atoms with van der Waals surface area (Å²) in [5.41, 5.74) is 7.22. The monoisotopic (exact) mass is 952 g/mol. The van der Waals surface area contributed by atoms with Gasteiger partial charge in [-0.2, -0.15) is 20.7 Å². The first-order chi connectivity index (χ1) is 22.8. The Morgan fingerprint density at radius 2 is 1.00 bits per heavy atom. The van der Waals surface area contributed by atoms with Crippen molar-refractivity contribution in [2.24, 2.45) is 10.2 Å². The van der Waals surface area contributed by atoms with Gasteiger partial charge in [0.1, 0.15) is 0 Å². The molecule has 0 saturated carbocycles. The third-order valence-electron chi connectivity index (χ3n) is 3.75. The molecule has 4 heterocycles. The fraction of sp³-hybridized carbons (Fsp3) is 0.0769. The maximum absolute atomic E-state index is 8.25. The predicted molar refractivity (Wildman–Crippen MR) is 183 cm³/mol. The van der Waals surface area contributed by atoms with Crippen LogP contribution in [0.1, 0.15) is 25.0 Å². The Labute approximate surface area is 336 Å². The molecule has 0 aliphatic heterocycles. The van der Waals surface area contributed by atoms with E-state index in [-0.39, 0.29) is 44.8 Å². The molecular weight excluding hydrogens is 934 g/mol. The topological polar surface area (TPSA) is 280 Å². The molecule has 0 aliphatic carbocycles. The molecular formula is C26H22Ag2Cl4N12O6. The van der Waals surface area contributed by atoms with Crippen LogP contribution < -0.4 is 10.9 Å². The first kappa shape index (κ1) is 52.4. The number of anilines is 2. The Morgan fingerprint density at radius 3 is 1.24 bits per heavy atom. The minimum absolute atomic E-state index is 0. The molecule has 24 heteroatoms. The van der Waals surface area contributed by atoms with Crippen molar-refractivity contribution in [2.45, 2.75) is 13.8 Å². The molecule has 4 rings (SSSR count). The first-order valence-corrected chi connectivity index (χ1v) is 13.6. The summed E-state index contributed by atoms with van der Waals surface area (Å²) in [4.78, 5) is 32.4. The summed E-state index contributed by atoms with van der Waals surface area (Å²) in [6.07, 6.45) is 13.0. The van der Waals surface area contributed by atoms with E-state index < -0.39 is 10.2 Å². The SMILES string of the molecule is CC#N.CC#N.Clc1cnc(N/N=C/c2cccnc2)c(Cl)c1.Clc1cnc(N/N=C/c2cccnc2)c(Cl)c1.O=[N+]([O-])[O-].O=[N+]([O-])[O-].[Ag+].[Ag+]. The van der Waals surface area contributed by atoms with Gasteiger partial charge in [0.05, 0.1) is 54.8 Å². The molecule has 272 valence electrons. The van der Waals surface area contributed by atoms with Gasteiger partial charge in [-0.1, -0.05) is 58.5 Å². The van der Waals surface area contributed by atoms with E-state index in [0.29, 0.717) is 31.7 Å². The van der Waals surface area contributed by atoms with Gasteiger partial charge in [0, 0.05) is 62.2 Å². The van der Waals surface area contributed by atoms with Crippen LogP contribution in [0.25, 0.3) is 0 Å². The van der Waals surface area contributed by atoms with E-state index in [4.69, 9.17) is 87.6 Å². The summed E-state index contributed by atoms with van der Waals surface area (Å²) in [5, 5.41) is 53.9. The van der Waals surface area contributed by atoms with Gasteiger partial charge < -0.3 is 30.6 Å². The number of hydrogen-bond acceptors (Lipinski definition) is 16. The van der Waals surface area contributed by atoms with Gasteiger partial charge >= 0.3 is 44.8 Å². The zero-order valence-electron chi connectivity index (χ0n) is 25.1. The van der Waals surface area contributed by atoms with Gasteiger partial charge in [0.15, 0.2) is 11.6 Å². The molecule has 0 bridgehead atoms. The second-order valence-corrected chi connectivity index (χ2v) is 8.86. The molecule has 18 nitrogen and oxygen atoms in total. The first-order valence-electron chi connectivity index (χ1n) is 12.1. The fourth-order valence-corrected chi connectivity index (χ4v) is 3.08. The molecule has 4 aromatic rings. The molecule has 0 aromatic carbocycles. The van der Waals surface area contributed by atoms with Crippen LogP contribution in [0, 0.1) is 53.3 Å². The number of hydrazone groups is 2. The summed E-state index contributed by atoms with van der Waals surface area (Å²) in [5.74, 6) is 0.910. The Kier molecular flexibility index (Phi) is 36.1. The zero-order chi connectivity index (χ0) is 36.7. The van der Waals surface area contributed by atoms with Crippen molar-refractivity contribution in [3.8, 4) is 12.1 Å². The van der Waals surface area contributed by atoms with E-state index in [0.717, 1.165) is 11.1 Å². The van der Waals surface area contributed by atoms with Gasteiger partial charge in [0.25, 0.3) is 0 Å². The van der Waals surface area contributed by atoms with Crippen LogP contribution in [0.15, 0.2) is 83.8 Å². The van der Waals surface area contributed by atoms with Crippen LogP contribution in [0.3, 0.4) is 0 Å². The number of rotatable bonds is 6. The number of halogens is 4. The average molecular weight is 956 g/mol. The quantitative estimate of drug-likeness (QED) is 0.0849. The number of aromatic nitrogens is 4. The standard InChI is InChI=1S/2C11H8Cl2N4.2C2H3N.2Ag.2NO3/c2*12-9-4-10(13)11(15-7-9)17-16-6-8-2-1-3-14-5-8;2*1-2-3;;;2*2-1(3)4/h2*1-7H,(H,15,17);2*1H3;;;;/q;;;;2*+1;2*-1/b2*16-6+;;;;;;. The summed E-state index contributed by atoms with van der Waals surface area (Å²) >= 11 is 23.3. The van der Waals surface area contributed by atoms with E-state index in [2.05, 4.69) is 41.0 Å². The summed E-state index contributed by atoms with van der Waals surface area (Å²) < 4.78 is 0. The molecule has 4 aromatic heterocycles. The smallest absolute Gasteiger partial charge is 0.356 e. The molecule has 0 unspecified atom stereocenters. The van der Waals surface area contributed by atoms with E-state index in [1.165, 1.54) is 26.2 Å². The third-order valence-corrected chi connectivity index (χ3v) is 4.74. The van der Waals surface area contributed by atoms with Crippen molar-refractivity contribution in [2.75, 3.05) is 10.9 Å². The minimum atomic E-state index is -1.75. The molecule has 2 N–H and O–H groups in total. The van der Waals surface area contributed by atoms with Crippen molar-refractivity contribution in [1.29, 1.82) is 10.5 Å². The Morgan fingerprint density at radius 1 is 0.700 bits per heavy atom. The molecule has 0 amide bonds. The molecule has 0 aliphatic rings. The van der Waals surface area contributed by atoms with Gasteiger partial charge in [-0.25, -0.2) is 9.97 Å². The van der Waals surface area contributed by atoms with Gasteiger partial charge in [-0.15, -0.1) is 0 Å². The largest absolute Gasteiger partial charge is 1.00 e. The zero-order valence-corrected chi connectivity index (χ0v) is 31.1. The third kappa shape index (κ3) is 32.1. The Hall–Kier alpha value is -4.44. The second-order valence-electron chi connectivity index (χ2n) is 7.18. The minimum Gasteiger partial charge on any atom is -0.356 e. The molecule has 0 spiro atoms. The van der Waals surface area contributed by atoms with Crippen molar-refractivity contribution in [3.05, 3.63) is 135 Å². The molecule has 0 atom stereocenters. The van der Waals surface area contributed by atoms with Gasteiger partial charge in [-0.3, -0.25) is 20.8 Å². The van der Waals surface area contributed by atoms with Crippen LogP contribution in [0.2, 0.25) is 20.1 Å². The molecule has 0 saturated heterocycles. The number of nitrogens with zero attached hydrogens (tertiary/aromatic N) is 10. The maximum Gasteiger partial charge on any atom is 1.00 e. The summed E-state index contributed by atoms with van der Waals surface area (Å²) in [7, 11) is 0. The van der Waals surface area contributed by atoms with Crippen molar-refractivity contribution < 1.29 is 54.9 Å². The van der Waals surface area contributed by atoms with Crippen LogP contribution in [-0.2, 0) is 44.8 Å². The Balaban J connectivity index is -0.000000300. The van der Waals surface area contributed by atoms with Crippen LogP contribution in [-0.4, -0.2) is 42.5 Å². The van der Waals surface area contributed by atoms with Gasteiger partial charge in [-0.05, 0) is 24.3 Å². The van der Waals surface area contributed by atoms with E-state index >= 15 is 0 Å². The average Bonchev–Trinajstić information content (AvgIpc) is 3.01. The van der Waals surface area contributed by atoms with Crippen molar-refractivity contribution >= 4 is 70.5 Å². The number of nitrogens with one attached hydrogen (secondary N) is 2. The van der Waals surface area contributed by atoms with E-state index in [1.807, 2.05) is 24.3 Å². The Bertz CT molecular complexity index is 1540. The van der Waals surface area contributed by atoms with Crippen LogP contribution in [0.5, 0.6) is 0 Å². The van der Waals surface area contributed by atoms with Crippen molar-refractivity contribution in [3.63, 3.8) is 0 Å². The second kappa shape index (κ2) is 34.4. The van der Waals surface area contributed by atoms with E-state index in [1.54, 1.807) is 61.5 Å². The van der Waals surface area contributed by atoms with Crippen LogP contribution in [0.4, 0.5) is 11.6 Å². The van der Waals surface area contributed by atoms with Gasteiger partial charge in [0.2, 0.25) is 0 Å². The molecule has 0 fully saturated rings. The number of pyridine rings is 4. The summed E-state index contributed by atoms with van der Waals surface area (Å²) in [6, 6.07) is 14.1. The molecule has 50 heavy (non-hydrogen) atoms. The number of nitriles is 2. The normalized spacial score (nSPS) is 8.56. The van der Waals surface area contributed by atoms with Crippen molar-refractivity contribution in [1.82, 2.24) is 19.9 Å². The molecule has 0 radical (unpaired) electrons. The van der Waals surface area contributed by atoms with Crippen LogP contribution >= 0.6 is 46.4 Å². The fourth-order valence-electron chi connectivity index (χ4n) is 2.23.